The highest BCUT2D eigenvalue weighted by atomic mass is 16.3. The van der Waals surface area contributed by atoms with Crippen LogP contribution in [-0.2, 0) is 0 Å². The second-order valence-corrected chi connectivity index (χ2v) is 5.18. The van der Waals surface area contributed by atoms with Crippen molar-refractivity contribution in [3.63, 3.8) is 0 Å². The summed E-state index contributed by atoms with van der Waals surface area (Å²) in [6.07, 6.45) is 4.92. The molecule has 0 bridgehead atoms. The van der Waals surface area contributed by atoms with Crippen LogP contribution >= 0.6 is 0 Å². The van der Waals surface area contributed by atoms with Crippen LogP contribution in [0.25, 0.3) is 0 Å². The lowest BCUT2D eigenvalue weighted by Crippen LogP contribution is -2.43. The highest BCUT2D eigenvalue weighted by molar-refractivity contribution is 4.80. The molecule has 3 N–H and O–H groups in total. The second-order valence-electron chi connectivity index (χ2n) is 5.18. The van der Waals surface area contributed by atoms with Gasteiger partial charge >= 0.3 is 0 Å². The number of nitrogens with zero attached hydrogens (tertiary/aromatic N) is 1. The van der Waals surface area contributed by atoms with E-state index in [1.54, 1.807) is 0 Å². The molecule has 1 fully saturated rings. The Morgan fingerprint density at radius 2 is 1.87 bits per heavy atom. The summed E-state index contributed by atoms with van der Waals surface area (Å²) in [5.74, 6) is 0.663. The molecule has 0 aromatic heterocycles. The summed E-state index contributed by atoms with van der Waals surface area (Å²) in [5, 5.41) is 9.63. The van der Waals surface area contributed by atoms with E-state index in [0.717, 1.165) is 13.1 Å². The minimum Gasteiger partial charge on any atom is -0.390 e. The molecule has 0 aromatic carbocycles. The summed E-state index contributed by atoms with van der Waals surface area (Å²) in [6, 6.07) is 0.689. The summed E-state index contributed by atoms with van der Waals surface area (Å²) < 4.78 is 0. The fourth-order valence-electron chi connectivity index (χ4n) is 2.46. The molecule has 0 aliphatic heterocycles. The summed E-state index contributed by atoms with van der Waals surface area (Å²) >= 11 is 0. The van der Waals surface area contributed by atoms with Crippen molar-refractivity contribution < 1.29 is 5.11 Å². The van der Waals surface area contributed by atoms with Crippen LogP contribution in [0.2, 0.25) is 0 Å². The highest BCUT2D eigenvalue weighted by Crippen LogP contribution is 2.24. The third-order valence-electron chi connectivity index (χ3n) is 3.16. The molecule has 1 aliphatic rings. The number of nitrogens with two attached hydrogens (primary N) is 1. The Morgan fingerprint density at radius 1 is 1.27 bits per heavy atom. The number of aliphatic hydroxyl groups excluding tert-OH is 1. The normalized spacial score (nSPS) is 20.4. The molecule has 0 radical (unpaired) electrons. The average molecular weight is 214 g/mol. The first-order valence-electron chi connectivity index (χ1n) is 6.25. The molecule has 15 heavy (non-hydrogen) atoms. The van der Waals surface area contributed by atoms with Crippen molar-refractivity contribution >= 4 is 0 Å². The maximum atomic E-state index is 9.63. The smallest absolute Gasteiger partial charge is 0.0789 e. The summed E-state index contributed by atoms with van der Waals surface area (Å²) in [5.41, 5.74) is 5.47. The van der Waals surface area contributed by atoms with E-state index >= 15 is 0 Å². The van der Waals surface area contributed by atoms with Crippen molar-refractivity contribution in [2.45, 2.75) is 51.7 Å². The van der Waals surface area contributed by atoms with Crippen LogP contribution in [0.5, 0.6) is 0 Å². The van der Waals surface area contributed by atoms with Gasteiger partial charge in [0, 0.05) is 25.7 Å². The van der Waals surface area contributed by atoms with Gasteiger partial charge in [0.1, 0.15) is 0 Å². The van der Waals surface area contributed by atoms with E-state index in [4.69, 9.17) is 5.73 Å². The fraction of sp³-hybridized carbons (Fsp3) is 1.00. The number of hydrogen-bond acceptors (Lipinski definition) is 3. The zero-order chi connectivity index (χ0) is 11.3. The first-order valence-corrected chi connectivity index (χ1v) is 6.25. The molecule has 0 heterocycles. The summed E-state index contributed by atoms with van der Waals surface area (Å²) in [7, 11) is 0. The van der Waals surface area contributed by atoms with E-state index in [0.29, 0.717) is 18.5 Å². The number of hydrogen-bond donors (Lipinski definition) is 2. The zero-order valence-electron chi connectivity index (χ0n) is 10.2. The molecule has 1 atom stereocenters. The van der Waals surface area contributed by atoms with E-state index < -0.39 is 0 Å². The third kappa shape index (κ3) is 4.49. The van der Waals surface area contributed by atoms with Gasteiger partial charge in [-0.05, 0) is 18.8 Å². The lowest BCUT2D eigenvalue weighted by molar-refractivity contribution is 0.0845. The first-order chi connectivity index (χ1) is 7.13. The van der Waals surface area contributed by atoms with Gasteiger partial charge < -0.3 is 10.8 Å². The summed E-state index contributed by atoms with van der Waals surface area (Å²) in [6.45, 7) is 6.68. The SMILES string of the molecule is CC(C)CN(CC(O)CN)C1CCCC1. The van der Waals surface area contributed by atoms with Gasteiger partial charge in [-0.15, -0.1) is 0 Å². The highest BCUT2D eigenvalue weighted by Gasteiger charge is 2.24. The topological polar surface area (TPSA) is 49.5 Å². The second kappa shape index (κ2) is 6.46. The van der Waals surface area contributed by atoms with Crippen molar-refractivity contribution in [3.05, 3.63) is 0 Å². The molecule has 0 saturated heterocycles. The largest absolute Gasteiger partial charge is 0.390 e. The molecule has 3 heteroatoms. The van der Waals surface area contributed by atoms with Gasteiger partial charge in [-0.1, -0.05) is 26.7 Å². The molecule has 0 aromatic rings. The average Bonchev–Trinajstić information content (AvgIpc) is 2.68. The maximum absolute atomic E-state index is 9.63. The Hall–Kier alpha value is -0.120. The van der Waals surface area contributed by atoms with Crippen LogP contribution in [0.4, 0.5) is 0 Å². The third-order valence-corrected chi connectivity index (χ3v) is 3.16. The molecule has 1 saturated carbocycles. The Labute approximate surface area is 93.6 Å². The molecule has 1 rings (SSSR count). The standard InChI is InChI=1S/C12H26N2O/c1-10(2)8-14(9-12(15)7-13)11-5-3-4-6-11/h10-12,15H,3-9,13H2,1-2H3. The van der Waals surface area contributed by atoms with Crippen molar-refractivity contribution in [1.29, 1.82) is 0 Å². The predicted molar refractivity (Wildman–Crippen MR) is 63.7 cm³/mol. The van der Waals surface area contributed by atoms with Gasteiger partial charge in [0.2, 0.25) is 0 Å². The van der Waals surface area contributed by atoms with E-state index in [-0.39, 0.29) is 6.10 Å². The van der Waals surface area contributed by atoms with Crippen molar-refractivity contribution in [2.24, 2.45) is 11.7 Å². The fourth-order valence-corrected chi connectivity index (χ4v) is 2.46. The predicted octanol–water partition coefficient (Wildman–Crippen LogP) is 1.21. The van der Waals surface area contributed by atoms with Crippen LogP contribution < -0.4 is 5.73 Å². The Balaban J connectivity index is 2.43. The van der Waals surface area contributed by atoms with Crippen LogP contribution in [0.15, 0.2) is 0 Å². The van der Waals surface area contributed by atoms with Gasteiger partial charge in [0.05, 0.1) is 6.10 Å². The Kier molecular flexibility index (Phi) is 5.58. The minimum absolute atomic E-state index is 0.357. The van der Waals surface area contributed by atoms with Crippen LogP contribution in [-0.4, -0.2) is 41.8 Å². The molecule has 1 aliphatic carbocycles. The molecular weight excluding hydrogens is 188 g/mol. The number of aliphatic hydroxyl groups is 1. The Bertz CT molecular complexity index is 167. The first kappa shape index (κ1) is 12.9. The lowest BCUT2D eigenvalue weighted by Gasteiger charge is -2.31. The monoisotopic (exact) mass is 214 g/mol. The van der Waals surface area contributed by atoms with E-state index in [9.17, 15) is 5.11 Å². The molecular formula is C12H26N2O. The molecule has 3 nitrogen and oxygen atoms in total. The van der Waals surface area contributed by atoms with Crippen molar-refractivity contribution in [2.75, 3.05) is 19.6 Å². The molecule has 1 unspecified atom stereocenters. The van der Waals surface area contributed by atoms with Crippen molar-refractivity contribution in [1.82, 2.24) is 4.90 Å². The van der Waals surface area contributed by atoms with Crippen molar-refractivity contribution in [3.8, 4) is 0 Å². The van der Waals surface area contributed by atoms with E-state index in [2.05, 4.69) is 18.7 Å². The molecule has 0 amide bonds. The lowest BCUT2D eigenvalue weighted by atomic mass is 10.1. The van der Waals surface area contributed by atoms with Gasteiger partial charge in [0.15, 0.2) is 0 Å². The van der Waals surface area contributed by atoms with Gasteiger partial charge in [-0.2, -0.15) is 0 Å². The molecule has 90 valence electrons. The van der Waals surface area contributed by atoms with Crippen LogP contribution in [0.1, 0.15) is 39.5 Å². The van der Waals surface area contributed by atoms with Crippen LogP contribution in [0, 0.1) is 5.92 Å². The van der Waals surface area contributed by atoms with E-state index in [1.165, 1.54) is 25.7 Å². The molecule has 0 spiro atoms. The summed E-state index contributed by atoms with van der Waals surface area (Å²) in [4.78, 5) is 2.44. The van der Waals surface area contributed by atoms with Crippen LogP contribution in [0.3, 0.4) is 0 Å². The quantitative estimate of drug-likeness (QED) is 0.698. The Morgan fingerprint density at radius 3 is 2.33 bits per heavy atom. The zero-order valence-corrected chi connectivity index (χ0v) is 10.2. The van der Waals surface area contributed by atoms with Gasteiger partial charge in [-0.3, -0.25) is 4.90 Å². The van der Waals surface area contributed by atoms with Gasteiger partial charge in [-0.25, -0.2) is 0 Å². The van der Waals surface area contributed by atoms with Gasteiger partial charge in [0.25, 0.3) is 0 Å². The maximum Gasteiger partial charge on any atom is 0.0789 e. The minimum atomic E-state index is -0.357. The van der Waals surface area contributed by atoms with E-state index in [1.807, 2.05) is 0 Å². The number of rotatable bonds is 6.